The Hall–Kier alpha value is -2.67. The van der Waals surface area contributed by atoms with Crippen LogP contribution in [-0.2, 0) is 10.8 Å². The smallest absolute Gasteiger partial charge is 0.162 e. The van der Waals surface area contributed by atoms with Crippen LogP contribution in [0.25, 0.3) is 0 Å². The maximum absolute atomic E-state index is 8.98. The molecule has 0 spiro atoms. The van der Waals surface area contributed by atoms with E-state index in [2.05, 4.69) is 65.8 Å². The monoisotopic (exact) mass is 381 g/mol. The third-order valence-corrected chi connectivity index (χ3v) is 4.54. The SMILES string of the molecule is COc1cc(C#N)ccc1OCCOc1ccc(C(C)(C)C)cc1C(C)(C)C. The summed E-state index contributed by atoms with van der Waals surface area (Å²) < 4.78 is 17.1. The average Bonchev–Trinajstić information content (AvgIpc) is 2.63. The fraction of sp³-hybridized carbons (Fsp3) is 0.458. The van der Waals surface area contributed by atoms with E-state index < -0.39 is 0 Å². The molecule has 0 unspecified atom stereocenters. The summed E-state index contributed by atoms with van der Waals surface area (Å²) >= 11 is 0. The van der Waals surface area contributed by atoms with Crippen LogP contribution in [0.2, 0.25) is 0 Å². The van der Waals surface area contributed by atoms with Crippen molar-refractivity contribution in [2.75, 3.05) is 20.3 Å². The zero-order chi connectivity index (χ0) is 20.9. The zero-order valence-corrected chi connectivity index (χ0v) is 18.1. The highest BCUT2D eigenvalue weighted by atomic mass is 16.5. The summed E-state index contributed by atoms with van der Waals surface area (Å²) in [7, 11) is 1.56. The lowest BCUT2D eigenvalue weighted by atomic mass is 9.80. The number of methoxy groups -OCH3 is 1. The largest absolute Gasteiger partial charge is 0.493 e. The summed E-state index contributed by atoms with van der Waals surface area (Å²) in [6, 6.07) is 13.7. The molecule has 150 valence electrons. The molecule has 0 atom stereocenters. The molecule has 2 rings (SSSR count). The molecule has 28 heavy (non-hydrogen) atoms. The van der Waals surface area contributed by atoms with Crippen molar-refractivity contribution >= 4 is 0 Å². The van der Waals surface area contributed by atoms with Gasteiger partial charge in [-0.1, -0.05) is 53.7 Å². The number of ether oxygens (including phenoxy) is 3. The average molecular weight is 382 g/mol. The molecule has 0 aliphatic heterocycles. The molecule has 0 fully saturated rings. The first kappa shape index (κ1) is 21.6. The van der Waals surface area contributed by atoms with Gasteiger partial charge in [0.05, 0.1) is 18.7 Å². The Labute approximate surface area is 169 Å². The second-order valence-corrected chi connectivity index (χ2v) is 8.89. The molecule has 0 heterocycles. The summed E-state index contributed by atoms with van der Waals surface area (Å²) in [6.45, 7) is 14.0. The molecule has 2 aromatic carbocycles. The second-order valence-electron chi connectivity index (χ2n) is 8.89. The van der Waals surface area contributed by atoms with Gasteiger partial charge in [0.1, 0.15) is 19.0 Å². The Morgan fingerprint density at radius 2 is 1.39 bits per heavy atom. The molecular weight excluding hydrogens is 350 g/mol. The van der Waals surface area contributed by atoms with Crippen molar-refractivity contribution in [2.24, 2.45) is 0 Å². The van der Waals surface area contributed by atoms with Crippen LogP contribution >= 0.6 is 0 Å². The fourth-order valence-electron chi connectivity index (χ4n) is 2.87. The van der Waals surface area contributed by atoms with Gasteiger partial charge in [-0.3, -0.25) is 0 Å². The van der Waals surface area contributed by atoms with Crippen molar-refractivity contribution in [3.63, 3.8) is 0 Å². The number of benzene rings is 2. The van der Waals surface area contributed by atoms with Gasteiger partial charge in [0.15, 0.2) is 11.5 Å². The predicted octanol–water partition coefficient (Wildman–Crippen LogP) is 5.62. The van der Waals surface area contributed by atoms with E-state index in [1.54, 1.807) is 25.3 Å². The lowest BCUT2D eigenvalue weighted by Gasteiger charge is -2.27. The molecule has 0 saturated heterocycles. The maximum atomic E-state index is 8.98. The first-order valence-electron chi connectivity index (χ1n) is 9.55. The molecule has 0 aliphatic rings. The summed E-state index contributed by atoms with van der Waals surface area (Å²) in [4.78, 5) is 0. The van der Waals surface area contributed by atoms with Crippen molar-refractivity contribution < 1.29 is 14.2 Å². The van der Waals surface area contributed by atoms with Gasteiger partial charge in [0.2, 0.25) is 0 Å². The van der Waals surface area contributed by atoms with Gasteiger partial charge in [-0.2, -0.15) is 5.26 Å². The van der Waals surface area contributed by atoms with E-state index in [0.717, 1.165) is 5.75 Å². The Balaban J connectivity index is 2.08. The van der Waals surface area contributed by atoms with Gasteiger partial charge in [-0.25, -0.2) is 0 Å². The van der Waals surface area contributed by atoms with Crippen LogP contribution in [0.15, 0.2) is 36.4 Å². The zero-order valence-electron chi connectivity index (χ0n) is 18.1. The lowest BCUT2D eigenvalue weighted by molar-refractivity contribution is 0.208. The minimum atomic E-state index is -0.0200. The van der Waals surface area contributed by atoms with Crippen molar-refractivity contribution in [1.82, 2.24) is 0 Å². The molecule has 0 saturated carbocycles. The normalized spacial score (nSPS) is 11.6. The van der Waals surface area contributed by atoms with E-state index >= 15 is 0 Å². The van der Waals surface area contributed by atoms with Crippen LogP contribution in [0.1, 0.15) is 58.2 Å². The van der Waals surface area contributed by atoms with E-state index in [1.165, 1.54) is 11.1 Å². The number of hydrogen-bond donors (Lipinski definition) is 0. The van der Waals surface area contributed by atoms with Crippen molar-refractivity contribution in [3.8, 4) is 23.3 Å². The molecular formula is C24H31NO3. The highest BCUT2D eigenvalue weighted by Crippen LogP contribution is 2.35. The summed E-state index contributed by atoms with van der Waals surface area (Å²) in [5.74, 6) is 2.03. The van der Waals surface area contributed by atoms with E-state index in [1.807, 2.05) is 0 Å². The Morgan fingerprint density at radius 1 is 0.786 bits per heavy atom. The van der Waals surface area contributed by atoms with Crippen LogP contribution in [0.5, 0.6) is 17.2 Å². The van der Waals surface area contributed by atoms with Crippen LogP contribution in [0.3, 0.4) is 0 Å². The summed E-state index contributed by atoms with van der Waals surface area (Å²) in [6.07, 6.45) is 0. The molecule has 4 nitrogen and oxygen atoms in total. The van der Waals surface area contributed by atoms with Gasteiger partial charge in [0.25, 0.3) is 0 Å². The van der Waals surface area contributed by atoms with Crippen molar-refractivity contribution in [3.05, 3.63) is 53.1 Å². The number of rotatable bonds is 6. The summed E-state index contributed by atoms with van der Waals surface area (Å²) in [5.41, 5.74) is 3.09. The molecule has 0 aliphatic carbocycles. The standard InChI is InChI=1S/C24H31NO3/c1-23(2,3)18-9-11-20(19(15-18)24(4,5)6)27-12-13-28-21-10-8-17(16-25)14-22(21)26-7/h8-11,14-15H,12-13H2,1-7H3. The highest BCUT2D eigenvalue weighted by Gasteiger charge is 2.23. The van der Waals surface area contributed by atoms with E-state index in [-0.39, 0.29) is 10.8 Å². The number of nitriles is 1. The van der Waals surface area contributed by atoms with Gasteiger partial charge in [-0.15, -0.1) is 0 Å². The van der Waals surface area contributed by atoms with Gasteiger partial charge in [-0.05, 0) is 40.2 Å². The Morgan fingerprint density at radius 3 is 1.93 bits per heavy atom. The first-order chi connectivity index (χ1) is 13.1. The fourth-order valence-corrected chi connectivity index (χ4v) is 2.87. The Kier molecular flexibility index (Phi) is 6.61. The quantitative estimate of drug-likeness (QED) is 0.609. The molecule has 0 bridgehead atoms. The predicted molar refractivity (Wildman–Crippen MR) is 113 cm³/mol. The van der Waals surface area contributed by atoms with Crippen molar-refractivity contribution in [2.45, 2.75) is 52.4 Å². The van der Waals surface area contributed by atoms with Crippen LogP contribution in [-0.4, -0.2) is 20.3 Å². The summed E-state index contributed by atoms with van der Waals surface area (Å²) in [5, 5.41) is 8.98. The minimum absolute atomic E-state index is 0.0200. The van der Waals surface area contributed by atoms with E-state index in [9.17, 15) is 0 Å². The Bertz CT molecular complexity index is 852. The van der Waals surface area contributed by atoms with Gasteiger partial charge >= 0.3 is 0 Å². The number of hydrogen-bond acceptors (Lipinski definition) is 4. The van der Waals surface area contributed by atoms with Crippen LogP contribution in [0.4, 0.5) is 0 Å². The first-order valence-corrected chi connectivity index (χ1v) is 9.55. The van der Waals surface area contributed by atoms with Crippen molar-refractivity contribution in [1.29, 1.82) is 5.26 Å². The molecule has 0 radical (unpaired) electrons. The molecule has 4 heteroatoms. The second kappa shape index (κ2) is 8.56. The molecule has 0 aromatic heterocycles. The minimum Gasteiger partial charge on any atom is -0.493 e. The van der Waals surface area contributed by atoms with Gasteiger partial charge < -0.3 is 14.2 Å². The third-order valence-electron chi connectivity index (χ3n) is 4.54. The van der Waals surface area contributed by atoms with Gasteiger partial charge in [0, 0.05) is 6.07 Å². The molecule has 2 aromatic rings. The van der Waals surface area contributed by atoms with E-state index in [0.29, 0.717) is 30.3 Å². The van der Waals surface area contributed by atoms with Crippen LogP contribution < -0.4 is 14.2 Å². The lowest BCUT2D eigenvalue weighted by Crippen LogP contribution is -2.19. The third kappa shape index (κ3) is 5.42. The molecule has 0 amide bonds. The molecule has 0 N–H and O–H groups in total. The topological polar surface area (TPSA) is 51.5 Å². The maximum Gasteiger partial charge on any atom is 0.162 e. The number of nitrogens with zero attached hydrogens (tertiary/aromatic N) is 1. The van der Waals surface area contributed by atoms with Crippen LogP contribution in [0, 0.1) is 11.3 Å². The van der Waals surface area contributed by atoms with E-state index in [4.69, 9.17) is 19.5 Å². The highest BCUT2D eigenvalue weighted by molar-refractivity contribution is 5.47.